The van der Waals surface area contributed by atoms with Crippen LogP contribution in [0.4, 0.5) is 0 Å². The Hall–Kier alpha value is -2.62. The summed E-state index contributed by atoms with van der Waals surface area (Å²) in [7, 11) is 0. The SMILES string of the molecule is O=C(CCCc1ccccc1)NCc1ccc(C(=O)O)cc1. The molecule has 0 aliphatic carbocycles. The molecule has 2 aromatic rings. The predicted octanol–water partition coefficient (Wildman–Crippen LogP) is 3.02. The van der Waals surface area contributed by atoms with E-state index in [0.29, 0.717) is 13.0 Å². The summed E-state index contributed by atoms with van der Waals surface area (Å²) in [6, 6.07) is 16.6. The van der Waals surface area contributed by atoms with Gasteiger partial charge in [-0.2, -0.15) is 0 Å². The molecule has 2 N–H and O–H groups in total. The molecular weight excluding hydrogens is 278 g/mol. The molecule has 22 heavy (non-hydrogen) atoms. The van der Waals surface area contributed by atoms with Gasteiger partial charge in [-0.1, -0.05) is 42.5 Å². The van der Waals surface area contributed by atoms with Crippen molar-refractivity contribution in [3.63, 3.8) is 0 Å². The monoisotopic (exact) mass is 297 g/mol. The van der Waals surface area contributed by atoms with E-state index >= 15 is 0 Å². The Balaban J connectivity index is 1.70. The standard InChI is InChI=1S/C18H19NO3/c20-17(8-4-7-14-5-2-1-3-6-14)19-13-15-9-11-16(12-10-15)18(21)22/h1-3,5-6,9-12H,4,7-8,13H2,(H,19,20)(H,21,22). The first kappa shape index (κ1) is 15.8. The number of carbonyl (C=O) groups is 2. The van der Waals surface area contributed by atoms with Gasteiger partial charge in [0.2, 0.25) is 5.91 Å². The second-order valence-electron chi connectivity index (χ2n) is 5.12. The number of hydrogen-bond acceptors (Lipinski definition) is 2. The van der Waals surface area contributed by atoms with E-state index < -0.39 is 5.97 Å². The maximum atomic E-state index is 11.8. The third-order valence-corrected chi connectivity index (χ3v) is 3.40. The Morgan fingerprint density at radius 1 is 0.909 bits per heavy atom. The quantitative estimate of drug-likeness (QED) is 0.825. The second-order valence-corrected chi connectivity index (χ2v) is 5.12. The van der Waals surface area contributed by atoms with E-state index in [2.05, 4.69) is 17.4 Å². The van der Waals surface area contributed by atoms with Crippen LogP contribution in [0.1, 0.15) is 34.3 Å². The lowest BCUT2D eigenvalue weighted by molar-refractivity contribution is -0.121. The number of amides is 1. The molecular formula is C18H19NO3. The smallest absolute Gasteiger partial charge is 0.335 e. The van der Waals surface area contributed by atoms with Gasteiger partial charge in [0.1, 0.15) is 0 Å². The topological polar surface area (TPSA) is 66.4 Å². The molecule has 0 heterocycles. The lowest BCUT2D eigenvalue weighted by Gasteiger charge is -2.06. The molecule has 0 aliphatic heterocycles. The van der Waals surface area contributed by atoms with Crippen LogP contribution >= 0.6 is 0 Å². The van der Waals surface area contributed by atoms with E-state index in [-0.39, 0.29) is 11.5 Å². The van der Waals surface area contributed by atoms with Gasteiger partial charge >= 0.3 is 5.97 Å². The molecule has 1 amide bonds. The molecule has 4 heteroatoms. The third-order valence-electron chi connectivity index (χ3n) is 3.40. The minimum absolute atomic E-state index is 0.0123. The summed E-state index contributed by atoms with van der Waals surface area (Å²) in [6.07, 6.45) is 2.19. The van der Waals surface area contributed by atoms with E-state index in [9.17, 15) is 9.59 Å². The molecule has 114 valence electrons. The molecule has 0 radical (unpaired) electrons. The van der Waals surface area contributed by atoms with Gasteiger partial charge in [0.25, 0.3) is 0 Å². The Bertz CT molecular complexity index is 621. The van der Waals surface area contributed by atoms with Gasteiger partial charge in [-0.25, -0.2) is 4.79 Å². The number of aromatic carboxylic acids is 1. The zero-order valence-corrected chi connectivity index (χ0v) is 12.3. The first-order valence-corrected chi connectivity index (χ1v) is 7.28. The average Bonchev–Trinajstić information content (AvgIpc) is 2.54. The van der Waals surface area contributed by atoms with E-state index in [0.717, 1.165) is 18.4 Å². The van der Waals surface area contributed by atoms with Crippen LogP contribution in [0.25, 0.3) is 0 Å². The van der Waals surface area contributed by atoms with Crippen LogP contribution < -0.4 is 5.32 Å². The van der Waals surface area contributed by atoms with E-state index in [1.165, 1.54) is 5.56 Å². The normalized spacial score (nSPS) is 10.2. The summed E-state index contributed by atoms with van der Waals surface area (Å²) < 4.78 is 0. The molecule has 0 aromatic heterocycles. The zero-order valence-electron chi connectivity index (χ0n) is 12.3. The minimum atomic E-state index is -0.948. The first-order valence-electron chi connectivity index (χ1n) is 7.28. The molecule has 2 aromatic carbocycles. The minimum Gasteiger partial charge on any atom is -0.478 e. The number of carboxylic acid groups (broad SMARTS) is 1. The molecule has 0 saturated carbocycles. The lowest BCUT2D eigenvalue weighted by Crippen LogP contribution is -2.22. The first-order chi connectivity index (χ1) is 10.6. The van der Waals surface area contributed by atoms with Crippen LogP contribution in [0.3, 0.4) is 0 Å². The van der Waals surface area contributed by atoms with Crippen LogP contribution in [0, 0.1) is 0 Å². The molecule has 0 fully saturated rings. The number of rotatable bonds is 7. The Kier molecular flexibility index (Phi) is 5.72. The van der Waals surface area contributed by atoms with Gasteiger partial charge in [0.15, 0.2) is 0 Å². The van der Waals surface area contributed by atoms with Crippen molar-refractivity contribution in [2.24, 2.45) is 0 Å². The van der Waals surface area contributed by atoms with Gasteiger partial charge in [-0.3, -0.25) is 4.79 Å². The largest absolute Gasteiger partial charge is 0.478 e. The number of carbonyl (C=O) groups excluding carboxylic acids is 1. The fraction of sp³-hybridized carbons (Fsp3) is 0.222. The zero-order chi connectivity index (χ0) is 15.8. The van der Waals surface area contributed by atoms with Gasteiger partial charge in [-0.05, 0) is 36.1 Å². The highest BCUT2D eigenvalue weighted by Gasteiger charge is 2.04. The van der Waals surface area contributed by atoms with Gasteiger partial charge in [-0.15, -0.1) is 0 Å². The number of hydrogen-bond donors (Lipinski definition) is 2. The average molecular weight is 297 g/mol. The molecule has 4 nitrogen and oxygen atoms in total. The van der Waals surface area contributed by atoms with Crippen LogP contribution in [0.5, 0.6) is 0 Å². The summed E-state index contributed by atoms with van der Waals surface area (Å²) in [5.74, 6) is -0.935. The predicted molar refractivity (Wildman–Crippen MR) is 84.6 cm³/mol. The van der Waals surface area contributed by atoms with Crippen molar-refractivity contribution in [2.75, 3.05) is 0 Å². The molecule has 2 rings (SSSR count). The highest BCUT2D eigenvalue weighted by molar-refractivity contribution is 5.87. The van der Waals surface area contributed by atoms with Crippen molar-refractivity contribution in [3.8, 4) is 0 Å². The van der Waals surface area contributed by atoms with Crippen LogP contribution in [-0.2, 0) is 17.8 Å². The van der Waals surface area contributed by atoms with Crippen LogP contribution in [0.2, 0.25) is 0 Å². The lowest BCUT2D eigenvalue weighted by atomic mass is 10.1. The summed E-state index contributed by atoms with van der Waals surface area (Å²) in [6.45, 7) is 0.421. The van der Waals surface area contributed by atoms with Crippen molar-refractivity contribution in [1.82, 2.24) is 5.32 Å². The molecule has 0 unspecified atom stereocenters. The van der Waals surface area contributed by atoms with Crippen molar-refractivity contribution >= 4 is 11.9 Å². The fourth-order valence-corrected chi connectivity index (χ4v) is 2.15. The van der Waals surface area contributed by atoms with E-state index in [4.69, 9.17) is 5.11 Å². The maximum Gasteiger partial charge on any atom is 0.335 e. The fourth-order valence-electron chi connectivity index (χ4n) is 2.15. The summed E-state index contributed by atoms with van der Waals surface area (Å²) >= 11 is 0. The van der Waals surface area contributed by atoms with Gasteiger partial charge < -0.3 is 10.4 Å². The Morgan fingerprint density at radius 3 is 2.23 bits per heavy atom. The van der Waals surface area contributed by atoms with Crippen LogP contribution in [-0.4, -0.2) is 17.0 Å². The summed E-state index contributed by atoms with van der Waals surface area (Å²) in [5, 5.41) is 11.7. The van der Waals surface area contributed by atoms with Crippen LogP contribution in [0.15, 0.2) is 54.6 Å². The van der Waals surface area contributed by atoms with Crippen molar-refractivity contribution in [3.05, 3.63) is 71.3 Å². The second kappa shape index (κ2) is 7.98. The highest BCUT2D eigenvalue weighted by atomic mass is 16.4. The van der Waals surface area contributed by atoms with Crippen molar-refractivity contribution < 1.29 is 14.7 Å². The van der Waals surface area contributed by atoms with Gasteiger partial charge in [0, 0.05) is 13.0 Å². The Morgan fingerprint density at radius 2 is 1.59 bits per heavy atom. The number of aryl methyl sites for hydroxylation is 1. The number of benzene rings is 2. The van der Waals surface area contributed by atoms with Crippen molar-refractivity contribution in [2.45, 2.75) is 25.8 Å². The van der Waals surface area contributed by atoms with E-state index in [1.807, 2.05) is 18.2 Å². The summed E-state index contributed by atoms with van der Waals surface area (Å²) in [5.41, 5.74) is 2.37. The van der Waals surface area contributed by atoms with Gasteiger partial charge in [0.05, 0.1) is 5.56 Å². The Labute approximate surface area is 129 Å². The number of nitrogens with one attached hydrogen (secondary N) is 1. The maximum absolute atomic E-state index is 11.8. The van der Waals surface area contributed by atoms with E-state index in [1.54, 1.807) is 24.3 Å². The molecule has 0 saturated heterocycles. The molecule has 0 aliphatic rings. The molecule has 0 spiro atoms. The summed E-state index contributed by atoms with van der Waals surface area (Å²) in [4.78, 5) is 22.5. The molecule has 0 bridgehead atoms. The number of carboxylic acids is 1. The third kappa shape index (κ3) is 5.05. The highest BCUT2D eigenvalue weighted by Crippen LogP contribution is 2.06. The molecule has 0 atom stereocenters. The van der Waals surface area contributed by atoms with Crippen molar-refractivity contribution in [1.29, 1.82) is 0 Å².